The van der Waals surface area contributed by atoms with Gasteiger partial charge in [0.2, 0.25) is 0 Å². The van der Waals surface area contributed by atoms with E-state index in [-0.39, 0.29) is 11.0 Å². The zero-order valence-corrected chi connectivity index (χ0v) is 15.1. The van der Waals surface area contributed by atoms with Crippen molar-refractivity contribution in [1.29, 1.82) is 0 Å². The van der Waals surface area contributed by atoms with Crippen molar-refractivity contribution >= 4 is 21.5 Å². The van der Waals surface area contributed by atoms with Crippen LogP contribution in [0.3, 0.4) is 0 Å². The van der Waals surface area contributed by atoms with E-state index in [2.05, 4.69) is 10.3 Å². The fraction of sp³-hybridized carbons (Fsp3) is 0.389. The molecule has 1 saturated heterocycles. The van der Waals surface area contributed by atoms with Crippen molar-refractivity contribution in [3.63, 3.8) is 0 Å². The maximum Gasteiger partial charge on any atom is 0.272 e. The highest BCUT2D eigenvalue weighted by Crippen LogP contribution is 2.22. The van der Waals surface area contributed by atoms with E-state index >= 15 is 0 Å². The smallest absolute Gasteiger partial charge is 0.272 e. The molecule has 0 spiro atoms. The Labute approximate surface area is 148 Å². The van der Waals surface area contributed by atoms with Gasteiger partial charge in [-0.3, -0.25) is 9.62 Å². The molecule has 1 fully saturated rings. The monoisotopic (exact) mass is 362 g/mol. The first-order chi connectivity index (χ1) is 12.1. The van der Waals surface area contributed by atoms with Crippen LogP contribution in [-0.4, -0.2) is 34.2 Å². The summed E-state index contributed by atoms with van der Waals surface area (Å²) in [4.78, 5) is 3.26. The van der Waals surface area contributed by atoms with Gasteiger partial charge in [0.15, 0.2) is 0 Å². The predicted molar refractivity (Wildman–Crippen MR) is 97.1 cm³/mol. The van der Waals surface area contributed by atoms with Crippen LogP contribution in [0.1, 0.15) is 19.8 Å². The van der Waals surface area contributed by atoms with Gasteiger partial charge in [0, 0.05) is 19.2 Å². The third-order valence-electron chi connectivity index (χ3n) is 4.25. The second-order valence-corrected chi connectivity index (χ2v) is 7.82. The molecule has 1 aliphatic heterocycles. The average Bonchev–Trinajstić information content (AvgIpc) is 3.15. The number of sulfonamides is 1. The molecule has 0 radical (unpaired) electrons. The minimum Gasteiger partial charge on any atom is -0.374 e. The van der Waals surface area contributed by atoms with Crippen molar-refractivity contribution in [2.75, 3.05) is 29.3 Å². The maximum atomic E-state index is 12.9. The van der Waals surface area contributed by atoms with E-state index in [1.165, 1.54) is 10.5 Å². The van der Waals surface area contributed by atoms with Gasteiger partial charge in [-0.05, 0) is 38.0 Å². The van der Waals surface area contributed by atoms with Crippen LogP contribution < -0.4 is 14.6 Å². The first-order valence-electron chi connectivity index (χ1n) is 8.56. The molecule has 25 heavy (non-hydrogen) atoms. The number of nitrogens with zero attached hydrogens (tertiary/aromatic N) is 1. The molecule has 0 saturated carbocycles. The fourth-order valence-electron chi connectivity index (χ4n) is 2.92. The van der Waals surface area contributed by atoms with Crippen molar-refractivity contribution in [1.82, 2.24) is 0 Å². The van der Waals surface area contributed by atoms with Crippen molar-refractivity contribution in [3.05, 3.63) is 48.7 Å². The first kappa shape index (κ1) is 17.7. The average molecular weight is 362 g/mol. The van der Waals surface area contributed by atoms with E-state index in [0.717, 1.165) is 25.3 Å². The second-order valence-electron chi connectivity index (χ2n) is 5.96. The number of pyridine rings is 1. The summed E-state index contributed by atoms with van der Waals surface area (Å²) < 4.78 is 32.8. The Morgan fingerprint density at radius 1 is 1.24 bits per heavy atom. The molecule has 0 unspecified atom stereocenters. The van der Waals surface area contributed by atoms with Crippen molar-refractivity contribution < 1.29 is 18.1 Å². The second kappa shape index (κ2) is 7.84. The van der Waals surface area contributed by atoms with Crippen LogP contribution in [0, 0.1) is 0 Å². The predicted octanol–water partition coefficient (Wildman–Crippen LogP) is 2.31. The topological polar surface area (TPSA) is 72.8 Å². The molecule has 2 heterocycles. The molecule has 2 N–H and O–H groups in total. The van der Waals surface area contributed by atoms with Crippen LogP contribution in [0.5, 0.6) is 0 Å². The van der Waals surface area contributed by atoms with Crippen LogP contribution in [0.25, 0.3) is 0 Å². The Morgan fingerprint density at radius 2 is 2.04 bits per heavy atom. The molecule has 1 aromatic carbocycles. The van der Waals surface area contributed by atoms with Crippen LogP contribution in [-0.2, 0) is 14.8 Å². The highest BCUT2D eigenvalue weighted by atomic mass is 32.2. The zero-order chi connectivity index (χ0) is 17.7. The molecule has 0 aliphatic carbocycles. The van der Waals surface area contributed by atoms with E-state index in [9.17, 15) is 8.42 Å². The number of hydrogen-bond donors (Lipinski definition) is 1. The maximum absolute atomic E-state index is 12.9. The fourth-order valence-corrected chi connectivity index (χ4v) is 4.36. The summed E-state index contributed by atoms with van der Waals surface area (Å²) in [6.45, 7) is 3.73. The lowest BCUT2D eigenvalue weighted by molar-refractivity contribution is -0.364. The number of nitrogens with one attached hydrogen (secondary N) is 2. The first-order valence-corrected chi connectivity index (χ1v) is 10.0. The van der Waals surface area contributed by atoms with E-state index < -0.39 is 10.0 Å². The Balaban J connectivity index is 1.73. The van der Waals surface area contributed by atoms with Gasteiger partial charge in [-0.15, -0.1) is 0 Å². The molecular weight excluding hydrogens is 338 g/mol. The summed E-state index contributed by atoms with van der Waals surface area (Å²) >= 11 is 0. The molecule has 1 aliphatic rings. The van der Waals surface area contributed by atoms with Crippen molar-refractivity contribution in [3.8, 4) is 0 Å². The zero-order valence-electron chi connectivity index (χ0n) is 14.3. The number of rotatable bonds is 7. The molecule has 134 valence electrons. The lowest BCUT2D eigenvalue weighted by Crippen LogP contribution is -2.31. The third-order valence-corrected chi connectivity index (χ3v) is 6.15. The number of ether oxygens (including phenoxy) is 1. The van der Waals surface area contributed by atoms with Gasteiger partial charge >= 0.3 is 0 Å². The molecule has 6 nitrogen and oxygen atoms in total. The summed E-state index contributed by atoms with van der Waals surface area (Å²) in [6, 6.07) is 12.5. The number of aromatic nitrogens is 1. The molecule has 7 heteroatoms. The highest BCUT2D eigenvalue weighted by molar-refractivity contribution is 7.92. The molecule has 1 aromatic heterocycles. The molecule has 2 aromatic rings. The van der Waals surface area contributed by atoms with Crippen LogP contribution in [0.2, 0.25) is 0 Å². The largest absolute Gasteiger partial charge is 0.374 e. The summed E-state index contributed by atoms with van der Waals surface area (Å²) in [5, 5.41) is 3.25. The van der Waals surface area contributed by atoms with Crippen molar-refractivity contribution in [2.45, 2.75) is 30.8 Å². The van der Waals surface area contributed by atoms with E-state index in [4.69, 9.17) is 4.74 Å². The van der Waals surface area contributed by atoms with Gasteiger partial charge in [0.25, 0.3) is 15.8 Å². The van der Waals surface area contributed by atoms with Crippen molar-refractivity contribution in [2.24, 2.45) is 0 Å². The third kappa shape index (κ3) is 4.11. The SMILES string of the molecule is CCN(c1ccccc1)S(=O)(=O)c1ccc(NC[C@H]2CCCO2)[nH+]c1. The summed E-state index contributed by atoms with van der Waals surface area (Å²) in [5.41, 5.74) is 0.658. The van der Waals surface area contributed by atoms with Gasteiger partial charge in [-0.1, -0.05) is 18.2 Å². The summed E-state index contributed by atoms with van der Waals surface area (Å²) in [6.07, 6.45) is 3.91. The molecule has 0 amide bonds. The minimum absolute atomic E-state index is 0.227. The van der Waals surface area contributed by atoms with Gasteiger partial charge in [-0.25, -0.2) is 13.4 Å². The number of aromatic amines is 1. The quantitative estimate of drug-likeness (QED) is 0.820. The number of para-hydroxylation sites is 1. The van der Waals surface area contributed by atoms with Crippen LogP contribution in [0.15, 0.2) is 53.6 Å². The number of anilines is 2. The lowest BCUT2D eigenvalue weighted by Gasteiger charge is -2.22. The van der Waals surface area contributed by atoms with Crippen LogP contribution in [0.4, 0.5) is 11.5 Å². The number of benzene rings is 1. The molecular formula is C18H24N3O3S+. The van der Waals surface area contributed by atoms with Gasteiger partial charge in [0.1, 0.15) is 17.6 Å². The van der Waals surface area contributed by atoms with E-state index in [0.29, 0.717) is 18.8 Å². The molecule has 0 bridgehead atoms. The standard InChI is InChI=1S/C18H23N3O3S/c1-2-21(15-7-4-3-5-8-15)25(22,23)17-10-11-18(20-14-17)19-13-16-9-6-12-24-16/h3-5,7-8,10-11,14,16H,2,6,9,12-13H2,1H3,(H,19,20)/p+1/t16-/m1/s1. The summed E-state index contributed by atoms with van der Waals surface area (Å²) in [5.74, 6) is 0.775. The molecule has 1 atom stereocenters. The van der Waals surface area contributed by atoms with Gasteiger partial charge in [0.05, 0.1) is 11.8 Å². The number of hydrogen-bond acceptors (Lipinski definition) is 4. The minimum atomic E-state index is -3.60. The van der Waals surface area contributed by atoms with E-state index in [1.54, 1.807) is 24.3 Å². The normalized spacial score (nSPS) is 17.4. The Kier molecular flexibility index (Phi) is 5.55. The van der Waals surface area contributed by atoms with Gasteiger partial charge in [-0.2, -0.15) is 0 Å². The lowest BCUT2D eigenvalue weighted by atomic mass is 10.2. The van der Waals surface area contributed by atoms with Crippen LogP contribution >= 0.6 is 0 Å². The Hall–Kier alpha value is -2.12. The highest BCUT2D eigenvalue weighted by Gasteiger charge is 2.25. The summed E-state index contributed by atoms with van der Waals surface area (Å²) in [7, 11) is -3.60. The number of H-pyrrole nitrogens is 1. The Morgan fingerprint density at radius 3 is 2.64 bits per heavy atom. The molecule has 3 rings (SSSR count). The van der Waals surface area contributed by atoms with Gasteiger partial charge < -0.3 is 4.74 Å². The van der Waals surface area contributed by atoms with E-state index in [1.807, 2.05) is 25.1 Å². The Bertz CT molecular complexity index is 773.